The van der Waals surface area contributed by atoms with Gasteiger partial charge in [-0.3, -0.25) is 9.69 Å². The van der Waals surface area contributed by atoms with E-state index >= 15 is 0 Å². The maximum Gasteiger partial charge on any atom is 0.258 e. The van der Waals surface area contributed by atoms with Gasteiger partial charge in [0.1, 0.15) is 5.75 Å². The molecule has 2 aromatic carbocycles. The molecule has 1 unspecified atom stereocenters. The number of carbonyl (C=O) groups is 1. The van der Waals surface area contributed by atoms with Gasteiger partial charge in [0, 0.05) is 31.7 Å². The number of ether oxygens (including phenoxy) is 4. The fourth-order valence-electron chi connectivity index (χ4n) is 4.17. The van der Waals surface area contributed by atoms with E-state index in [1.807, 2.05) is 29.2 Å². The smallest absolute Gasteiger partial charge is 0.258 e. The summed E-state index contributed by atoms with van der Waals surface area (Å²) >= 11 is 0. The highest BCUT2D eigenvalue weighted by Gasteiger charge is 2.32. The lowest BCUT2D eigenvalue weighted by Crippen LogP contribution is -2.53. The predicted molar refractivity (Wildman–Crippen MR) is 142 cm³/mol. The van der Waals surface area contributed by atoms with Crippen molar-refractivity contribution in [2.24, 2.45) is 5.73 Å². The molecule has 3 rings (SSSR count). The largest absolute Gasteiger partial charge is 0.492 e. The minimum Gasteiger partial charge on any atom is -0.492 e. The summed E-state index contributed by atoms with van der Waals surface area (Å²) in [5, 5.41) is 0. The van der Waals surface area contributed by atoms with Gasteiger partial charge in [0.05, 0.1) is 26.9 Å². The molecule has 0 aromatic heterocycles. The maximum absolute atomic E-state index is 13.6. The Labute approximate surface area is 220 Å². The average molecular weight is 530 g/mol. The first-order valence-corrected chi connectivity index (χ1v) is 11.3. The molecule has 0 bridgehead atoms. The number of nitrogens with two attached hydrogens (primary N) is 1. The summed E-state index contributed by atoms with van der Waals surface area (Å²) in [6, 6.07) is 9.67. The lowest BCUT2D eigenvalue weighted by molar-refractivity contribution is 0.0538. The molecular weight excluding hydrogens is 493 g/mol. The Morgan fingerprint density at radius 3 is 2.17 bits per heavy atom. The van der Waals surface area contributed by atoms with E-state index in [2.05, 4.69) is 18.9 Å². The highest BCUT2D eigenvalue weighted by atomic mass is 35.5. The van der Waals surface area contributed by atoms with Crippen molar-refractivity contribution in [1.29, 1.82) is 0 Å². The van der Waals surface area contributed by atoms with Gasteiger partial charge in [0.15, 0.2) is 11.5 Å². The van der Waals surface area contributed by atoms with Crippen LogP contribution in [0.2, 0.25) is 0 Å². The van der Waals surface area contributed by atoms with Gasteiger partial charge in [-0.15, -0.1) is 24.8 Å². The van der Waals surface area contributed by atoms with Crippen molar-refractivity contribution in [1.82, 2.24) is 9.80 Å². The summed E-state index contributed by atoms with van der Waals surface area (Å²) in [4.78, 5) is 17.8. The van der Waals surface area contributed by atoms with Crippen LogP contribution in [0.15, 0.2) is 30.3 Å². The summed E-state index contributed by atoms with van der Waals surface area (Å²) < 4.78 is 23.0. The summed E-state index contributed by atoms with van der Waals surface area (Å²) in [7, 11) is 6.66. The van der Waals surface area contributed by atoms with Crippen LogP contribution < -0.4 is 24.7 Å². The zero-order valence-electron chi connectivity index (χ0n) is 21.0. The van der Waals surface area contributed by atoms with Gasteiger partial charge in [-0.25, -0.2) is 0 Å². The predicted octanol–water partition coefficient (Wildman–Crippen LogP) is 4.02. The maximum atomic E-state index is 13.6. The van der Waals surface area contributed by atoms with Crippen LogP contribution in [0.5, 0.6) is 28.7 Å². The van der Waals surface area contributed by atoms with Gasteiger partial charge >= 0.3 is 0 Å². The molecule has 1 aliphatic rings. The fraction of sp³-hybridized carbons (Fsp3) is 0.480. The molecule has 1 atom stereocenters. The van der Waals surface area contributed by atoms with Crippen molar-refractivity contribution in [3.63, 3.8) is 0 Å². The van der Waals surface area contributed by atoms with Gasteiger partial charge in [0.25, 0.3) is 5.91 Å². The van der Waals surface area contributed by atoms with E-state index in [1.54, 1.807) is 6.07 Å². The number of methoxy groups -OCH3 is 3. The number of likely N-dealkylation sites (N-methyl/N-ethyl adjacent to an activating group) is 1. The first-order valence-electron chi connectivity index (χ1n) is 11.3. The molecule has 1 fully saturated rings. The Morgan fingerprint density at radius 1 is 1.00 bits per heavy atom. The van der Waals surface area contributed by atoms with Gasteiger partial charge < -0.3 is 29.6 Å². The fourth-order valence-corrected chi connectivity index (χ4v) is 4.17. The van der Waals surface area contributed by atoms with Crippen molar-refractivity contribution in [3.8, 4) is 28.7 Å². The molecule has 1 saturated heterocycles. The number of hydrogen-bond donors (Lipinski definition) is 1. The third-order valence-electron chi connectivity index (χ3n) is 6.12. The van der Waals surface area contributed by atoms with Crippen LogP contribution in [0.4, 0.5) is 0 Å². The Bertz CT molecular complexity index is 959. The van der Waals surface area contributed by atoms with Crippen molar-refractivity contribution >= 4 is 30.7 Å². The van der Waals surface area contributed by atoms with E-state index in [9.17, 15) is 4.79 Å². The van der Waals surface area contributed by atoms with E-state index in [0.717, 1.165) is 24.9 Å². The normalized spacial score (nSPS) is 15.5. The number of hydrogen-bond acceptors (Lipinski definition) is 7. The quantitative estimate of drug-likeness (QED) is 0.524. The van der Waals surface area contributed by atoms with Crippen LogP contribution in [-0.2, 0) is 6.42 Å². The zero-order chi connectivity index (χ0) is 24.0. The molecule has 35 heavy (non-hydrogen) atoms. The number of halogens is 2. The summed E-state index contributed by atoms with van der Waals surface area (Å²) in [5.74, 6) is 1.89. The molecule has 0 aliphatic carbocycles. The van der Waals surface area contributed by atoms with Crippen molar-refractivity contribution in [2.45, 2.75) is 25.8 Å². The number of rotatable bonds is 9. The van der Waals surface area contributed by atoms with E-state index in [-0.39, 0.29) is 30.7 Å². The van der Waals surface area contributed by atoms with E-state index in [4.69, 9.17) is 24.7 Å². The lowest BCUT2D eigenvalue weighted by Gasteiger charge is -2.39. The lowest BCUT2D eigenvalue weighted by atomic mass is 10.1. The highest BCUT2D eigenvalue weighted by Crippen LogP contribution is 2.48. The summed E-state index contributed by atoms with van der Waals surface area (Å²) in [6.45, 7) is 4.83. The first-order chi connectivity index (χ1) is 16.0. The van der Waals surface area contributed by atoms with E-state index in [0.29, 0.717) is 60.0 Å². The van der Waals surface area contributed by atoms with Gasteiger partial charge in [0.2, 0.25) is 11.5 Å². The van der Waals surface area contributed by atoms with Gasteiger partial charge in [-0.05, 0) is 44.1 Å². The second-order valence-corrected chi connectivity index (χ2v) is 8.10. The van der Waals surface area contributed by atoms with Gasteiger partial charge in [-0.2, -0.15) is 0 Å². The van der Waals surface area contributed by atoms with Crippen molar-refractivity contribution < 1.29 is 23.7 Å². The molecule has 2 N–H and O–H groups in total. The second kappa shape index (κ2) is 14.2. The van der Waals surface area contributed by atoms with Crippen molar-refractivity contribution in [2.75, 3.05) is 54.6 Å². The number of benzene rings is 2. The average Bonchev–Trinajstić information content (AvgIpc) is 2.84. The molecule has 8 nitrogen and oxygen atoms in total. The molecule has 1 amide bonds. The number of amides is 1. The van der Waals surface area contributed by atoms with E-state index < -0.39 is 0 Å². The Kier molecular flexibility index (Phi) is 12.5. The monoisotopic (exact) mass is 529 g/mol. The van der Waals surface area contributed by atoms with E-state index in [1.165, 1.54) is 21.3 Å². The molecule has 196 valence electrons. The standard InChI is InChI=1S/C25H35N3O5.2ClH/c1-6-18-16-28(14-13-27(18)2)25(29)20-15-21(23(31-4)24(32-5)22(20)30-3)33-19-9-7-17(8-10-19)11-12-26;;/h7-10,15,18H,6,11-14,16,26H2,1-5H3;2*1H. The topological polar surface area (TPSA) is 86.5 Å². The third-order valence-corrected chi connectivity index (χ3v) is 6.12. The van der Waals surface area contributed by atoms with Crippen LogP contribution in [0, 0.1) is 0 Å². The van der Waals surface area contributed by atoms with Crippen LogP contribution in [0.25, 0.3) is 0 Å². The number of piperazine rings is 1. The molecule has 10 heteroatoms. The Balaban J connectivity index is 0.00000306. The Morgan fingerprint density at radius 2 is 1.63 bits per heavy atom. The SMILES string of the molecule is CCC1CN(C(=O)c2cc(Oc3ccc(CCN)cc3)c(OC)c(OC)c2OC)CCN1C.Cl.Cl. The molecule has 2 aromatic rings. The minimum atomic E-state index is -0.123. The Hall–Kier alpha value is -2.39. The number of carbonyl (C=O) groups excluding carboxylic acids is 1. The second-order valence-electron chi connectivity index (χ2n) is 8.10. The van der Waals surface area contributed by atoms with Gasteiger partial charge in [-0.1, -0.05) is 19.1 Å². The summed E-state index contributed by atoms with van der Waals surface area (Å²) in [6.07, 6.45) is 1.76. The molecule has 0 saturated carbocycles. The molecule has 0 spiro atoms. The molecule has 1 aliphatic heterocycles. The first kappa shape index (κ1) is 30.6. The molecule has 0 radical (unpaired) electrons. The highest BCUT2D eigenvalue weighted by molar-refractivity contribution is 5.99. The van der Waals surface area contributed by atoms with Crippen LogP contribution in [-0.4, -0.2) is 76.3 Å². The van der Waals surface area contributed by atoms with Crippen LogP contribution in [0.1, 0.15) is 29.3 Å². The zero-order valence-corrected chi connectivity index (χ0v) is 22.7. The van der Waals surface area contributed by atoms with Crippen LogP contribution in [0.3, 0.4) is 0 Å². The number of nitrogens with zero attached hydrogens (tertiary/aromatic N) is 2. The molecular formula is C25H37Cl2N3O5. The summed E-state index contributed by atoms with van der Waals surface area (Å²) in [5.41, 5.74) is 7.14. The van der Waals surface area contributed by atoms with Crippen molar-refractivity contribution in [3.05, 3.63) is 41.5 Å². The van der Waals surface area contributed by atoms with Crippen LogP contribution >= 0.6 is 24.8 Å². The third kappa shape index (κ3) is 6.85. The molecule has 1 heterocycles. The minimum absolute atomic E-state index is 0.